The summed E-state index contributed by atoms with van der Waals surface area (Å²) in [5.41, 5.74) is 0.986. The number of hydrogen-bond donors (Lipinski definition) is 0. The van der Waals surface area contributed by atoms with E-state index in [1.54, 1.807) is 6.08 Å². The fourth-order valence-corrected chi connectivity index (χ4v) is 2.08. The van der Waals surface area contributed by atoms with E-state index in [9.17, 15) is 4.79 Å². The first-order valence-electron chi connectivity index (χ1n) is 5.15. The molecule has 0 amide bonds. The molecule has 86 valence electrons. The Hall–Kier alpha value is -1.61. The Balaban J connectivity index is 2.53. The van der Waals surface area contributed by atoms with Crippen LogP contribution in [0.25, 0.3) is 16.8 Å². The molecule has 0 aliphatic carbocycles. The van der Waals surface area contributed by atoms with Crippen LogP contribution in [-0.2, 0) is 9.53 Å². The van der Waals surface area contributed by atoms with Gasteiger partial charge in [-0.05, 0) is 38.3 Å². The van der Waals surface area contributed by atoms with E-state index in [-0.39, 0.29) is 5.97 Å². The van der Waals surface area contributed by atoms with Crippen molar-refractivity contribution in [2.45, 2.75) is 0 Å². The SMILES string of the molecule is COC(=O)/C(Br)=C/c1cccc2ccccc12. The second-order valence-electron chi connectivity index (χ2n) is 3.55. The smallest absolute Gasteiger partial charge is 0.344 e. The molecule has 0 saturated heterocycles. The van der Waals surface area contributed by atoms with Gasteiger partial charge in [-0.15, -0.1) is 0 Å². The van der Waals surface area contributed by atoms with Crippen molar-refractivity contribution in [2.24, 2.45) is 0 Å². The Labute approximate surface area is 108 Å². The van der Waals surface area contributed by atoms with Gasteiger partial charge in [-0.25, -0.2) is 4.79 Å². The maximum Gasteiger partial charge on any atom is 0.344 e. The molecule has 2 aromatic carbocycles. The summed E-state index contributed by atoms with van der Waals surface area (Å²) in [7, 11) is 1.36. The van der Waals surface area contributed by atoms with E-state index in [1.165, 1.54) is 7.11 Å². The monoisotopic (exact) mass is 290 g/mol. The average Bonchev–Trinajstić information content (AvgIpc) is 2.38. The molecule has 0 spiro atoms. The summed E-state index contributed by atoms with van der Waals surface area (Å²) in [5.74, 6) is -0.377. The molecule has 0 heterocycles. The van der Waals surface area contributed by atoms with E-state index in [1.807, 2.05) is 42.5 Å². The van der Waals surface area contributed by atoms with Crippen LogP contribution >= 0.6 is 15.9 Å². The number of ether oxygens (including phenoxy) is 1. The van der Waals surface area contributed by atoms with Gasteiger partial charge in [-0.2, -0.15) is 0 Å². The minimum Gasteiger partial charge on any atom is -0.465 e. The highest BCUT2D eigenvalue weighted by Crippen LogP contribution is 2.22. The number of esters is 1. The fraction of sp³-hybridized carbons (Fsp3) is 0.0714. The lowest BCUT2D eigenvalue weighted by Gasteiger charge is -2.03. The van der Waals surface area contributed by atoms with Crippen molar-refractivity contribution < 1.29 is 9.53 Å². The molecular formula is C14H11BrO2. The highest BCUT2D eigenvalue weighted by molar-refractivity contribution is 9.12. The summed E-state index contributed by atoms with van der Waals surface area (Å²) in [6, 6.07) is 14.0. The largest absolute Gasteiger partial charge is 0.465 e. The number of fused-ring (bicyclic) bond motifs is 1. The van der Waals surface area contributed by atoms with Crippen LogP contribution in [0.5, 0.6) is 0 Å². The van der Waals surface area contributed by atoms with Crippen molar-refractivity contribution >= 4 is 38.7 Å². The van der Waals surface area contributed by atoms with Gasteiger partial charge in [0, 0.05) is 0 Å². The third-order valence-electron chi connectivity index (χ3n) is 2.49. The van der Waals surface area contributed by atoms with Gasteiger partial charge >= 0.3 is 5.97 Å². The minimum absolute atomic E-state index is 0.377. The van der Waals surface area contributed by atoms with Crippen LogP contribution in [0.4, 0.5) is 0 Å². The van der Waals surface area contributed by atoms with Gasteiger partial charge in [-0.1, -0.05) is 42.5 Å². The van der Waals surface area contributed by atoms with Crippen molar-refractivity contribution in [1.29, 1.82) is 0 Å². The van der Waals surface area contributed by atoms with Gasteiger partial charge in [0.05, 0.1) is 7.11 Å². The molecule has 0 unspecified atom stereocenters. The number of carbonyl (C=O) groups is 1. The zero-order valence-corrected chi connectivity index (χ0v) is 10.9. The molecule has 0 fully saturated rings. The summed E-state index contributed by atoms with van der Waals surface area (Å²) in [6.07, 6.45) is 1.77. The van der Waals surface area contributed by atoms with Gasteiger partial charge in [0.15, 0.2) is 0 Å². The number of methoxy groups -OCH3 is 1. The molecule has 0 aliphatic rings. The Morgan fingerprint density at radius 1 is 1.18 bits per heavy atom. The zero-order valence-electron chi connectivity index (χ0n) is 9.31. The Morgan fingerprint density at radius 3 is 2.65 bits per heavy atom. The highest BCUT2D eigenvalue weighted by Gasteiger charge is 2.06. The van der Waals surface area contributed by atoms with Crippen molar-refractivity contribution in [3.05, 3.63) is 52.5 Å². The number of hydrogen-bond acceptors (Lipinski definition) is 2. The number of carbonyl (C=O) groups excluding carboxylic acids is 1. The molecular weight excluding hydrogens is 280 g/mol. The lowest BCUT2D eigenvalue weighted by Crippen LogP contribution is -1.98. The lowest BCUT2D eigenvalue weighted by atomic mass is 10.0. The Kier molecular flexibility index (Phi) is 3.59. The van der Waals surface area contributed by atoms with Crippen molar-refractivity contribution in [2.75, 3.05) is 7.11 Å². The minimum atomic E-state index is -0.377. The second kappa shape index (κ2) is 5.15. The van der Waals surface area contributed by atoms with Crippen LogP contribution < -0.4 is 0 Å². The van der Waals surface area contributed by atoms with E-state index in [4.69, 9.17) is 0 Å². The van der Waals surface area contributed by atoms with Gasteiger partial charge < -0.3 is 4.74 Å². The molecule has 2 aromatic rings. The summed E-state index contributed by atoms with van der Waals surface area (Å²) in [5, 5.41) is 2.25. The fourth-order valence-electron chi connectivity index (χ4n) is 1.67. The van der Waals surface area contributed by atoms with Crippen LogP contribution in [0.1, 0.15) is 5.56 Å². The van der Waals surface area contributed by atoms with Crippen LogP contribution in [-0.4, -0.2) is 13.1 Å². The first-order valence-corrected chi connectivity index (χ1v) is 5.95. The molecule has 0 atom stereocenters. The molecule has 2 nitrogen and oxygen atoms in total. The molecule has 0 aliphatic heterocycles. The topological polar surface area (TPSA) is 26.3 Å². The maximum atomic E-state index is 11.3. The molecule has 0 aromatic heterocycles. The summed E-state index contributed by atoms with van der Waals surface area (Å²) >= 11 is 3.21. The van der Waals surface area contributed by atoms with Gasteiger partial charge in [0.1, 0.15) is 4.48 Å². The molecule has 0 saturated carbocycles. The standard InChI is InChI=1S/C14H11BrO2/c1-17-14(16)13(15)9-11-7-4-6-10-5-2-3-8-12(10)11/h2-9H,1H3/b13-9-. The van der Waals surface area contributed by atoms with Crippen LogP contribution in [0.3, 0.4) is 0 Å². The average molecular weight is 291 g/mol. The molecule has 0 bridgehead atoms. The molecule has 2 rings (SSSR count). The lowest BCUT2D eigenvalue weighted by molar-refractivity contribution is -0.135. The number of rotatable bonds is 2. The second-order valence-corrected chi connectivity index (χ2v) is 4.41. The third-order valence-corrected chi connectivity index (χ3v) is 3.04. The molecule has 3 heteroatoms. The van der Waals surface area contributed by atoms with Gasteiger partial charge in [-0.3, -0.25) is 0 Å². The normalized spacial score (nSPS) is 11.5. The van der Waals surface area contributed by atoms with E-state index in [2.05, 4.69) is 20.7 Å². The molecule has 0 N–H and O–H groups in total. The van der Waals surface area contributed by atoms with Gasteiger partial charge in [0.25, 0.3) is 0 Å². The molecule has 0 radical (unpaired) electrons. The zero-order chi connectivity index (χ0) is 12.3. The van der Waals surface area contributed by atoms with E-state index < -0.39 is 0 Å². The maximum absolute atomic E-state index is 11.3. The van der Waals surface area contributed by atoms with Gasteiger partial charge in [0.2, 0.25) is 0 Å². The van der Waals surface area contributed by atoms with Crippen LogP contribution in [0, 0.1) is 0 Å². The number of benzene rings is 2. The third kappa shape index (κ3) is 2.56. The van der Waals surface area contributed by atoms with Crippen molar-refractivity contribution in [3.8, 4) is 0 Å². The molecule has 17 heavy (non-hydrogen) atoms. The quantitative estimate of drug-likeness (QED) is 0.622. The van der Waals surface area contributed by atoms with E-state index >= 15 is 0 Å². The summed E-state index contributed by atoms with van der Waals surface area (Å²) in [6.45, 7) is 0. The number of halogens is 1. The summed E-state index contributed by atoms with van der Waals surface area (Å²) in [4.78, 5) is 11.3. The van der Waals surface area contributed by atoms with Crippen molar-refractivity contribution in [1.82, 2.24) is 0 Å². The first-order chi connectivity index (χ1) is 8.22. The highest BCUT2D eigenvalue weighted by atomic mass is 79.9. The van der Waals surface area contributed by atoms with E-state index in [0.717, 1.165) is 16.3 Å². The van der Waals surface area contributed by atoms with Crippen LogP contribution in [0.2, 0.25) is 0 Å². The summed E-state index contributed by atoms with van der Waals surface area (Å²) < 4.78 is 5.06. The van der Waals surface area contributed by atoms with E-state index in [0.29, 0.717) is 4.48 Å². The van der Waals surface area contributed by atoms with Crippen LogP contribution in [0.15, 0.2) is 46.9 Å². The van der Waals surface area contributed by atoms with Crippen molar-refractivity contribution in [3.63, 3.8) is 0 Å². The first kappa shape index (κ1) is 11.9. The Morgan fingerprint density at radius 2 is 1.88 bits per heavy atom. The predicted octanol–water partition coefficient (Wildman–Crippen LogP) is 3.75. The predicted molar refractivity (Wildman–Crippen MR) is 72.9 cm³/mol. The Bertz CT molecular complexity index is 582.